The molecule has 1 N–H and O–H groups in total. The zero-order chi connectivity index (χ0) is 27.5. The van der Waals surface area contributed by atoms with Crippen molar-refractivity contribution in [2.75, 3.05) is 6.54 Å². The van der Waals surface area contributed by atoms with Gasteiger partial charge in [-0.25, -0.2) is 4.79 Å². The van der Waals surface area contributed by atoms with Crippen molar-refractivity contribution in [3.8, 4) is 0 Å². The second kappa shape index (κ2) is 14.2. The molecule has 4 unspecified atom stereocenters. The lowest BCUT2D eigenvalue weighted by atomic mass is 10.0. The van der Waals surface area contributed by atoms with Gasteiger partial charge in [-0.1, -0.05) is 78.5 Å². The largest absolute Gasteiger partial charge is 0.443 e. The predicted molar refractivity (Wildman–Crippen MR) is 148 cm³/mol. The molecule has 0 spiro atoms. The van der Waals surface area contributed by atoms with Crippen molar-refractivity contribution < 1.29 is 28.5 Å². The molecule has 0 radical (unpaired) electrons. The van der Waals surface area contributed by atoms with E-state index in [1.54, 1.807) is 20.8 Å². The van der Waals surface area contributed by atoms with Crippen molar-refractivity contribution in [2.45, 2.75) is 69.8 Å². The first-order valence-corrected chi connectivity index (χ1v) is 13.4. The third-order valence-electron chi connectivity index (χ3n) is 5.56. The van der Waals surface area contributed by atoms with E-state index in [-0.39, 0.29) is 11.7 Å². The van der Waals surface area contributed by atoms with Gasteiger partial charge in [-0.3, -0.25) is 10.3 Å². The van der Waals surface area contributed by atoms with Gasteiger partial charge in [0.15, 0.2) is 11.5 Å². The minimum Gasteiger partial charge on any atom is -0.443 e. The van der Waals surface area contributed by atoms with Crippen LogP contribution in [0.1, 0.15) is 38.3 Å². The summed E-state index contributed by atoms with van der Waals surface area (Å²) in [5.41, 5.74) is 0.618. The van der Waals surface area contributed by atoms with E-state index < -0.39 is 35.4 Å². The topological polar surface area (TPSA) is 98.2 Å². The van der Waals surface area contributed by atoms with Crippen molar-refractivity contribution in [3.63, 3.8) is 0 Å². The molecule has 204 valence electrons. The lowest BCUT2D eigenvalue weighted by Gasteiger charge is -2.39. The van der Waals surface area contributed by atoms with Gasteiger partial charge in [-0.05, 0) is 31.9 Å². The number of amidine groups is 1. The number of nitrogens with one attached hydrogen (secondary N) is 1. The Morgan fingerprint density at radius 3 is 2.18 bits per heavy atom. The molecule has 1 saturated heterocycles. The zero-order valence-electron chi connectivity index (χ0n) is 22.1. The Bertz CT molecular complexity index is 1060. The smallest absolute Gasteiger partial charge is 0.416 e. The van der Waals surface area contributed by atoms with Gasteiger partial charge >= 0.3 is 6.09 Å². The number of carbonyl (C=O) groups is 2. The molecule has 8 nitrogen and oxygen atoms in total. The highest BCUT2D eigenvalue weighted by Crippen LogP contribution is 2.33. The van der Waals surface area contributed by atoms with Gasteiger partial charge in [0.05, 0.1) is 19.3 Å². The average Bonchev–Trinajstić information content (AvgIpc) is 2.89. The molecule has 3 rings (SSSR count). The molecule has 0 bridgehead atoms. The van der Waals surface area contributed by atoms with Crippen LogP contribution in [0.5, 0.6) is 0 Å². The molecule has 1 aliphatic heterocycles. The quantitative estimate of drug-likeness (QED) is 0.182. The molecule has 4 atom stereocenters. The van der Waals surface area contributed by atoms with Crippen LogP contribution in [0.4, 0.5) is 4.79 Å². The van der Waals surface area contributed by atoms with E-state index in [4.69, 9.17) is 24.4 Å². The van der Waals surface area contributed by atoms with E-state index >= 15 is 0 Å². The maximum atomic E-state index is 12.7. The molecule has 0 saturated carbocycles. The van der Waals surface area contributed by atoms with Gasteiger partial charge in [-0.15, -0.1) is 6.58 Å². The van der Waals surface area contributed by atoms with E-state index in [1.165, 1.54) is 11.0 Å². The third kappa shape index (κ3) is 9.09. The molecule has 1 fully saturated rings. The lowest BCUT2D eigenvalue weighted by Crippen LogP contribution is -2.51. The number of benzene rings is 2. The SMILES string of the molecule is C=CCN(C(=N)SC1CC(OCc2ccccc2)C(OCc2ccccc2)C(C=O)O1)C(=O)OC(C)(C)C. The standard InChI is InChI=1S/C29H36N2O6S/c1-5-16-31(28(33)37-29(2,3)4)27(30)38-25-17-23(34-19-21-12-8-6-9-13-21)26(24(18-32)36-25)35-20-22-14-10-7-11-15-22/h5-15,18,23-26,30H,1,16-17,19-20H2,2-4H3. The summed E-state index contributed by atoms with van der Waals surface area (Å²) < 4.78 is 23.9. The van der Waals surface area contributed by atoms with Gasteiger partial charge in [0, 0.05) is 13.0 Å². The van der Waals surface area contributed by atoms with Crippen molar-refractivity contribution in [2.24, 2.45) is 0 Å². The second-order valence-electron chi connectivity index (χ2n) is 9.80. The zero-order valence-corrected chi connectivity index (χ0v) is 22.9. The maximum absolute atomic E-state index is 12.7. The highest BCUT2D eigenvalue weighted by Gasteiger charge is 2.42. The van der Waals surface area contributed by atoms with Crippen LogP contribution in [0.2, 0.25) is 0 Å². The molecule has 2 aromatic rings. The highest BCUT2D eigenvalue weighted by atomic mass is 32.2. The van der Waals surface area contributed by atoms with E-state index in [1.807, 2.05) is 60.7 Å². The first-order chi connectivity index (χ1) is 18.2. The van der Waals surface area contributed by atoms with Crippen molar-refractivity contribution in [1.29, 1.82) is 5.41 Å². The summed E-state index contributed by atoms with van der Waals surface area (Å²) in [5, 5.41) is 8.52. The summed E-state index contributed by atoms with van der Waals surface area (Å²) in [4.78, 5) is 26.0. The van der Waals surface area contributed by atoms with Crippen molar-refractivity contribution in [1.82, 2.24) is 4.90 Å². The van der Waals surface area contributed by atoms with Gasteiger partial charge in [0.25, 0.3) is 0 Å². The Kier molecular flexibility index (Phi) is 11.1. The van der Waals surface area contributed by atoms with Crippen molar-refractivity contribution >= 4 is 29.3 Å². The van der Waals surface area contributed by atoms with E-state index in [2.05, 4.69) is 6.58 Å². The van der Waals surface area contributed by atoms with E-state index in [0.29, 0.717) is 25.9 Å². The Morgan fingerprint density at radius 2 is 1.66 bits per heavy atom. The maximum Gasteiger partial charge on any atom is 0.416 e. The van der Waals surface area contributed by atoms with Gasteiger partial charge < -0.3 is 23.7 Å². The van der Waals surface area contributed by atoms with Crippen LogP contribution < -0.4 is 0 Å². The highest BCUT2D eigenvalue weighted by molar-refractivity contribution is 8.14. The van der Waals surface area contributed by atoms with Gasteiger partial charge in [0.1, 0.15) is 23.2 Å². The van der Waals surface area contributed by atoms with Crippen LogP contribution in [0, 0.1) is 5.41 Å². The Hall–Kier alpha value is -2.98. The fourth-order valence-electron chi connectivity index (χ4n) is 3.81. The monoisotopic (exact) mass is 540 g/mol. The molecular formula is C29H36N2O6S. The summed E-state index contributed by atoms with van der Waals surface area (Å²) in [6, 6.07) is 19.4. The summed E-state index contributed by atoms with van der Waals surface area (Å²) in [5.74, 6) is 0. The number of ether oxygens (including phenoxy) is 4. The molecule has 0 aromatic heterocycles. The Balaban J connectivity index is 1.74. The predicted octanol–water partition coefficient (Wildman–Crippen LogP) is 5.56. The number of hydrogen-bond donors (Lipinski definition) is 1. The van der Waals surface area contributed by atoms with Crippen LogP contribution in [0.25, 0.3) is 0 Å². The number of rotatable bonds is 10. The Morgan fingerprint density at radius 1 is 1.08 bits per heavy atom. The van der Waals surface area contributed by atoms with Crippen LogP contribution in [0.15, 0.2) is 73.3 Å². The van der Waals surface area contributed by atoms with Crippen LogP contribution in [0.3, 0.4) is 0 Å². The number of hydrogen-bond acceptors (Lipinski definition) is 8. The summed E-state index contributed by atoms with van der Waals surface area (Å²) in [6.45, 7) is 9.69. The first-order valence-electron chi connectivity index (χ1n) is 12.5. The van der Waals surface area contributed by atoms with E-state index in [0.717, 1.165) is 22.9 Å². The number of aldehydes is 1. The molecular weight excluding hydrogens is 504 g/mol. The molecule has 1 aliphatic rings. The number of amides is 1. The fraction of sp³-hybridized carbons (Fsp3) is 0.414. The molecule has 1 heterocycles. The minimum absolute atomic E-state index is 0.0701. The number of nitrogens with zero attached hydrogens (tertiary/aromatic N) is 1. The molecule has 1 amide bonds. The number of carbonyl (C=O) groups excluding carboxylic acids is 2. The van der Waals surface area contributed by atoms with E-state index in [9.17, 15) is 9.59 Å². The van der Waals surface area contributed by atoms with Crippen LogP contribution in [-0.2, 0) is 37.0 Å². The normalized spacial score (nSPS) is 21.3. The first kappa shape index (κ1) is 29.6. The number of thioether (sulfide) groups is 1. The van der Waals surface area contributed by atoms with Crippen molar-refractivity contribution in [3.05, 3.63) is 84.4 Å². The second-order valence-corrected chi connectivity index (χ2v) is 10.9. The third-order valence-corrected chi connectivity index (χ3v) is 6.57. The minimum atomic E-state index is -0.909. The molecule has 9 heteroatoms. The van der Waals surface area contributed by atoms with Gasteiger partial charge in [-0.2, -0.15) is 0 Å². The molecule has 2 aromatic carbocycles. The van der Waals surface area contributed by atoms with Gasteiger partial charge in [0.2, 0.25) is 0 Å². The lowest BCUT2D eigenvalue weighted by molar-refractivity contribution is -0.188. The summed E-state index contributed by atoms with van der Waals surface area (Å²) in [6.07, 6.45) is -0.111. The summed E-state index contributed by atoms with van der Waals surface area (Å²) in [7, 11) is 0. The molecule has 0 aliphatic carbocycles. The fourth-order valence-corrected chi connectivity index (χ4v) is 4.81. The average molecular weight is 541 g/mol. The molecule has 38 heavy (non-hydrogen) atoms. The summed E-state index contributed by atoms with van der Waals surface area (Å²) >= 11 is 1.03. The van der Waals surface area contributed by atoms with Crippen LogP contribution >= 0.6 is 11.8 Å². The Labute approximate surface area is 228 Å². The van der Waals surface area contributed by atoms with Crippen LogP contribution in [-0.4, -0.2) is 58.3 Å².